The Balaban J connectivity index is 0.00000162. The molecule has 1 aromatic heterocycles. The summed E-state index contributed by atoms with van der Waals surface area (Å²) in [6.07, 6.45) is 2.02. The van der Waals surface area contributed by atoms with Crippen molar-refractivity contribution >= 4 is 41.3 Å². The fraction of sp³-hybridized carbons (Fsp3) is 0.583. The quantitative estimate of drug-likeness (QED) is 0.901. The van der Waals surface area contributed by atoms with Crippen LogP contribution in [-0.4, -0.2) is 19.0 Å². The molecule has 3 nitrogen and oxygen atoms in total. The van der Waals surface area contributed by atoms with Crippen molar-refractivity contribution in [3.05, 3.63) is 21.3 Å². The van der Waals surface area contributed by atoms with E-state index in [-0.39, 0.29) is 23.7 Å². The molecule has 1 unspecified atom stereocenters. The number of halogens is 2. The van der Waals surface area contributed by atoms with Crippen molar-refractivity contribution in [1.82, 2.24) is 10.6 Å². The summed E-state index contributed by atoms with van der Waals surface area (Å²) in [4.78, 5) is 13.2. The molecular formula is C12H18Cl2N2OS. The van der Waals surface area contributed by atoms with Crippen molar-refractivity contribution in [2.45, 2.75) is 26.3 Å². The molecule has 2 rings (SSSR count). The molecule has 1 saturated heterocycles. The van der Waals surface area contributed by atoms with Gasteiger partial charge in [0.15, 0.2) is 0 Å². The second-order valence-corrected chi connectivity index (χ2v) is 6.53. The van der Waals surface area contributed by atoms with E-state index < -0.39 is 0 Å². The normalized spacial score (nSPS) is 23.2. The van der Waals surface area contributed by atoms with Gasteiger partial charge in [-0.3, -0.25) is 4.79 Å². The zero-order valence-electron chi connectivity index (χ0n) is 10.3. The first-order chi connectivity index (χ1) is 8.10. The molecule has 1 aromatic rings. The molecule has 1 aliphatic heterocycles. The molecule has 0 aliphatic carbocycles. The lowest BCUT2D eigenvalue weighted by Gasteiger charge is -2.32. The largest absolute Gasteiger partial charge is 0.351 e. The van der Waals surface area contributed by atoms with E-state index in [2.05, 4.69) is 10.6 Å². The van der Waals surface area contributed by atoms with Crippen LogP contribution in [0, 0.1) is 5.41 Å². The third kappa shape index (κ3) is 3.85. The van der Waals surface area contributed by atoms with Crippen molar-refractivity contribution in [3.8, 4) is 0 Å². The number of nitrogens with one attached hydrogen (secondary N) is 2. The van der Waals surface area contributed by atoms with Gasteiger partial charge in [0.05, 0.1) is 16.3 Å². The minimum atomic E-state index is -0.265. The van der Waals surface area contributed by atoms with Gasteiger partial charge in [-0.15, -0.1) is 23.7 Å². The van der Waals surface area contributed by atoms with E-state index in [4.69, 9.17) is 11.6 Å². The fourth-order valence-electron chi connectivity index (χ4n) is 2.08. The molecule has 102 valence electrons. The van der Waals surface area contributed by atoms with E-state index in [0.29, 0.717) is 6.54 Å². The Morgan fingerprint density at radius 2 is 2.39 bits per heavy atom. The maximum Gasteiger partial charge on any atom is 0.227 e. The number of amides is 1. The molecule has 0 aromatic carbocycles. The van der Waals surface area contributed by atoms with Crippen molar-refractivity contribution < 1.29 is 4.79 Å². The topological polar surface area (TPSA) is 41.1 Å². The molecule has 6 heteroatoms. The first-order valence-corrected chi connectivity index (χ1v) is 7.03. The van der Waals surface area contributed by atoms with Crippen LogP contribution >= 0.6 is 35.3 Å². The monoisotopic (exact) mass is 308 g/mol. The molecule has 1 aliphatic rings. The van der Waals surface area contributed by atoms with Gasteiger partial charge in [0.2, 0.25) is 5.91 Å². The summed E-state index contributed by atoms with van der Waals surface area (Å²) >= 11 is 7.36. The van der Waals surface area contributed by atoms with Crippen LogP contribution in [0.3, 0.4) is 0 Å². The van der Waals surface area contributed by atoms with Gasteiger partial charge < -0.3 is 10.6 Å². The van der Waals surface area contributed by atoms with Crippen molar-refractivity contribution in [2.75, 3.05) is 13.1 Å². The first kappa shape index (κ1) is 15.8. The highest BCUT2D eigenvalue weighted by Gasteiger charge is 2.34. The standard InChI is InChI=1S/C12H17ClN2OS.ClH/c1-12(5-2-6-14-8-12)11(16)15-7-9-3-4-10(13)17-9;/h3-4,14H,2,5-8H2,1H3,(H,15,16);1H. The highest BCUT2D eigenvalue weighted by Crippen LogP contribution is 2.26. The minimum Gasteiger partial charge on any atom is -0.351 e. The summed E-state index contributed by atoms with van der Waals surface area (Å²) in [6, 6.07) is 3.81. The molecule has 0 spiro atoms. The molecular weight excluding hydrogens is 291 g/mol. The fourth-order valence-corrected chi connectivity index (χ4v) is 3.10. The molecule has 1 fully saturated rings. The number of carbonyl (C=O) groups is 1. The van der Waals surface area contributed by atoms with Gasteiger partial charge in [0, 0.05) is 11.4 Å². The van der Waals surface area contributed by atoms with E-state index in [1.807, 2.05) is 19.1 Å². The second-order valence-electron chi connectivity index (χ2n) is 4.73. The van der Waals surface area contributed by atoms with Gasteiger partial charge in [0.1, 0.15) is 0 Å². The van der Waals surface area contributed by atoms with E-state index >= 15 is 0 Å². The first-order valence-electron chi connectivity index (χ1n) is 5.83. The van der Waals surface area contributed by atoms with Crippen LogP contribution in [0.1, 0.15) is 24.6 Å². The summed E-state index contributed by atoms with van der Waals surface area (Å²) in [5, 5.41) is 6.27. The highest BCUT2D eigenvalue weighted by atomic mass is 35.5. The van der Waals surface area contributed by atoms with Crippen molar-refractivity contribution in [3.63, 3.8) is 0 Å². The predicted molar refractivity (Wildman–Crippen MR) is 78.6 cm³/mol. The van der Waals surface area contributed by atoms with Crippen LogP contribution in [-0.2, 0) is 11.3 Å². The molecule has 0 radical (unpaired) electrons. The van der Waals surface area contributed by atoms with Crippen LogP contribution in [0.4, 0.5) is 0 Å². The van der Waals surface area contributed by atoms with Crippen LogP contribution in [0.2, 0.25) is 4.34 Å². The Morgan fingerprint density at radius 3 is 2.94 bits per heavy atom. The van der Waals surface area contributed by atoms with E-state index in [1.165, 1.54) is 11.3 Å². The Labute approximate surface area is 123 Å². The number of piperidine rings is 1. The number of hydrogen-bond acceptors (Lipinski definition) is 3. The molecule has 0 saturated carbocycles. The molecule has 2 heterocycles. The minimum absolute atomic E-state index is 0. The summed E-state index contributed by atoms with van der Waals surface area (Å²) in [6.45, 7) is 4.38. The Hall–Kier alpha value is -0.290. The number of thiophene rings is 1. The Kier molecular flexibility index (Phi) is 5.92. The summed E-state index contributed by atoms with van der Waals surface area (Å²) in [5.41, 5.74) is -0.265. The highest BCUT2D eigenvalue weighted by molar-refractivity contribution is 7.16. The van der Waals surface area contributed by atoms with Gasteiger partial charge >= 0.3 is 0 Å². The average molecular weight is 309 g/mol. The summed E-state index contributed by atoms with van der Waals surface area (Å²) in [7, 11) is 0. The Morgan fingerprint density at radius 1 is 1.61 bits per heavy atom. The maximum absolute atomic E-state index is 12.1. The summed E-state index contributed by atoms with van der Waals surface area (Å²) < 4.78 is 0.764. The molecule has 2 N–H and O–H groups in total. The van der Waals surface area contributed by atoms with Crippen LogP contribution < -0.4 is 10.6 Å². The van der Waals surface area contributed by atoms with Gasteiger partial charge in [0.25, 0.3) is 0 Å². The van der Waals surface area contributed by atoms with Gasteiger partial charge in [-0.1, -0.05) is 11.6 Å². The lowest BCUT2D eigenvalue weighted by atomic mass is 9.82. The van der Waals surface area contributed by atoms with E-state index in [0.717, 1.165) is 35.1 Å². The number of rotatable bonds is 3. The lowest BCUT2D eigenvalue weighted by Crippen LogP contribution is -2.48. The third-order valence-corrected chi connectivity index (χ3v) is 4.43. The second kappa shape index (κ2) is 6.75. The molecule has 18 heavy (non-hydrogen) atoms. The Bertz CT molecular complexity index is 403. The van der Waals surface area contributed by atoms with Gasteiger partial charge in [-0.25, -0.2) is 0 Å². The van der Waals surface area contributed by atoms with Crippen LogP contribution in [0.15, 0.2) is 12.1 Å². The maximum atomic E-state index is 12.1. The van der Waals surface area contributed by atoms with Gasteiger partial charge in [-0.2, -0.15) is 0 Å². The van der Waals surface area contributed by atoms with Crippen molar-refractivity contribution in [2.24, 2.45) is 5.41 Å². The summed E-state index contributed by atoms with van der Waals surface area (Å²) in [5.74, 6) is 0.134. The zero-order chi connectivity index (χ0) is 12.3. The van der Waals surface area contributed by atoms with Crippen LogP contribution in [0.5, 0.6) is 0 Å². The number of carbonyl (C=O) groups excluding carboxylic acids is 1. The molecule has 0 bridgehead atoms. The van der Waals surface area contributed by atoms with Crippen molar-refractivity contribution in [1.29, 1.82) is 0 Å². The lowest BCUT2D eigenvalue weighted by molar-refractivity contribution is -0.131. The third-order valence-electron chi connectivity index (χ3n) is 3.20. The average Bonchev–Trinajstić information content (AvgIpc) is 2.73. The van der Waals surface area contributed by atoms with E-state index in [1.54, 1.807) is 0 Å². The van der Waals surface area contributed by atoms with Gasteiger partial charge in [-0.05, 0) is 38.4 Å². The molecule has 1 amide bonds. The smallest absolute Gasteiger partial charge is 0.227 e. The molecule has 1 atom stereocenters. The van der Waals surface area contributed by atoms with E-state index in [9.17, 15) is 4.79 Å². The predicted octanol–water partition coefficient (Wildman–Crippen LogP) is 2.83. The zero-order valence-corrected chi connectivity index (χ0v) is 12.7. The number of hydrogen-bond donors (Lipinski definition) is 2. The van der Waals surface area contributed by atoms with Crippen LogP contribution in [0.25, 0.3) is 0 Å². The SMILES string of the molecule is CC1(C(=O)NCc2ccc(Cl)s2)CCCNC1.Cl.